The Kier molecular flexibility index (Phi) is 4.75. The summed E-state index contributed by atoms with van der Waals surface area (Å²) in [7, 11) is 0. The van der Waals surface area contributed by atoms with Crippen LogP contribution in [0, 0.1) is 24.6 Å². The molecule has 0 radical (unpaired) electrons. The van der Waals surface area contributed by atoms with E-state index in [1.165, 1.54) is 18.2 Å². The molecule has 0 unspecified atom stereocenters. The predicted octanol–water partition coefficient (Wildman–Crippen LogP) is 1.97. The summed E-state index contributed by atoms with van der Waals surface area (Å²) in [5, 5.41) is 2.61. The number of aryl methyl sites for hydroxylation is 1. The van der Waals surface area contributed by atoms with Gasteiger partial charge in [0.25, 0.3) is 5.91 Å². The molecular formula is C16H15FN2O2. The van der Waals surface area contributed by atoms with Gasteiger partial charge in [-0.2, -0.15) is 0 Å². The van der Waals surface area contributed by atoms with E-state index in [4.69, 9.17) is 10.2 Å². The summed E-state index contributed by atoms with van der Waals surface area (Å²) in [6.07, 6.45) is 0. The molecular weight excluding hydrogens is 271 g/mol. The molecule has 1 heterocycles. The van der Waals surface area contributed by atoms with Crippen molar-refractivity contribution in [3.8, 4) is 11.8 Å². The highest BCUT2D eigenvalue weighted by Crippen LogP contribution is 2.11. The minimum absolute atomic E-state index is 0.0536. The normalized spacial score (nSPS) is 9.86. The van der Waals surface area contributed by atoms with E-state index in [9.17, 15) is 9.18 Å². The van der Waals surface area contributed by atoms with Crippen LogP contribution in [0.5, 0.6) is 0 Å². The van der Waals surface area contributed by atoms with Crippen molar-refractivity contribution in [2.45, 2.75) is 13.5 Å². The molecule has 0 saturated carbocycles. The number of furan rings is 1. The number of halogens is 1. The van der Waals surface area contributed by atoms with E-state index < -0.39 is 11.7 Å². The fourth-order valence-corrected chi connectivity index (χ4v) is 1.77. The molecule has 1 aromatic carbocycles. The summed E-state index contributed by atoms with van der Waals surface area (Å²) in [5.74, 6) is 5.68. The van der Waals surface area contributed by atoms with E-state index in [1.54, 1.807) is 12.1 Å². The van der Waals surface area contributed by atoms with Crippen molar-refractivity contribution < 1.29 is 13.6 Å². The van der Waals surface area contributed by atoms with Gasteiger partial charge < -0.3 is 15.5 Å². The lowest BCUT2D eigenvalue weighted by Crippen LogP contribution is -2.23. The monoisotopic (exact) mass is 286 g/mol. The Morgan fingerprint density at radius 2 is 2.19 bits per heavy atom. The van der Waals surface area contributed by atoms with Crippen molar-refractivity contribution in [1.29, 1.82) is 0 Å². The smallest absolute Gasteiger partial charge is 0.254 e. The first-order chi connectivity index (χ1) is 10.1. The van der Waals surface area contributed by atoms with Crippen LogP contribution in [0.25, 0.3) is 0 Å². The molecule has 0 atom stereocenters. The van der Waals surface area contributed by atoms with Gasteiger partial charge in [0.15, 0.2) is 0 Å². The molecule has 0 saturated heterocycles. The average molecular weight is 286 g/mol. The Labute approximate surface area is 122 Å². The SMILES string of the molecule is Cc1ccc(CNC(=O)c2cc(C#CCN)ccc2F)o1. The van der Waals surface area contributed by atoms with Gasteiger partial charge in [0.1, 0.15) is 17.3 Å². The van der Waals surface area contributed by atoms with Crippen molar-refractivity contribution in [1.82, 2.24) is 5.32 Å². The number of benzene rings is 1. The zero-order chi connectivity index (χ0) is 15.2. The fourth-order valence-electron chi connectivity index (χ4n) is 1.77. The first kappa shape index (κ1) is 14.8. The number of carbonyl (C=O) groups is 1. The number of hydrogen-bond acceptors (Lipinski definition) is 3. The minimum atomic E-state index is -0.596. The van der Waals surface area contributed by atoms with E-state index in [0.29, 0.717) is 11.3 Å². The first-order valence-electron chi connectivity index (χ1n) is 6.42. The van der Waals surface area contributed by atoms with Crippen LogP contribution < -0.4 is 11.1 Å². The van der Waals surface area contributed by atoms with E-state index in [1.807, 2.05) is 6.92 Å². The number of hydrogen-bond donors (Lipinski definition) is 2. The Bertz CT molecular complexity index is 711. The maximum Gasteiger partial charge on any atom is 0.254 e. The topological polar surface area (TPSA) is 68.3 Å². The maximum atomic E-state index is 13.7. The molecule has 21 heavy (non-hydrogen) atoms. The lowest BCUT2D eigenvalue weighted by molar-refractivity contribution is 0.0944. The van der Waals surface area contributed by atoms with Crippen LogP contribution in [-0.2, 0) is 6.54 Å². The van der Waals surface area contributed by atoms with Gasteiger partial charge in [0.05, 0.1) is 18.7 Å². The second kappa shape index (κ2) is 6.73. The summed E-state index contributed by atoms with van der Waals surface area (Å²) in [6.45, 7) is 2.21. The molecule has 5 heteroatoms. The molecule has 0 spiro atoms. The molecule has 2 rings (SSSR count). The number of nitrogens with one attached hydrogen (secondary N) is 1. The molecule has 0 aliphatic heterocycles. The van der Waals surface area contributed by atoms with Gasteiger partial charge in [0, 0.05) is 5.56 Å². The standard InChI is InChI=1S/C16H15FN2O2/c1-11-4-6-13(21-11)10-19-16(20)14-9-12(3-2-8-18)5-7-15(14)17/h4-7,9H,8,10,18H2,1H3,(H,19,20). The van der Waals surface area contributed by atoms with Gasteiger partial charge in [0.2, 0.25) is 0 Å². The van der Waals surface area contributed by atoms with Crippen molar-refractivity contribution in [2.75, 3.05) is 6.54 Å². The Morgan fingerprint density at radius 3 is 2.86 bits per heavy atom. The van der Waals surface area contributed by atoms with Gasteiger partial charge in [-0.15, -0.1) is 0 Å². The zero-order valence-electron chi connectivity index (χ0n) is 11.6. The highest BCUT2D eigenvalue weighted by molar-refractivity contribution is 5.94. The van der Waals surface area contributed by atoms with Crippen LogP contribution in [0.4, 0.5) is 4.39 Å². The number of nitrogens with two attached hydrogens (primary N) is 1. The minimum Gasteiger partial charge on any atom is -0.465 e. The number of carbonyl (C=O) groups excluding carboxylic acids is 1. The number of amides is 1. The van der Waals surface area contributed by atoms with Crippen LogP contribution in [0.3, 0.4) is 0 Å². The van der Waals surface area contributed by atoms with Crippen molar-refractivity contribution in [3.05, 3.63) is 58.8 Å². The van der Waals surface area contributed by atoms with E-state index >= 15 is 0 Å². The third-order valence-electron chi connectivity index (χ3n) is 2.76. The predicted molar refractivity (Wildman–Crippen MR) is 76.9 cm³/mol. The van der Waals surface area contributed by atoms with Gasteiger partial charge in [-0.1, -0.05) is 11.8 Å². The molecule has 4 nitrogen and oxygen atoms in total. The third-order valence-corrected chi connectivity index (χ3v) is 2.76. The van der Waals surface area contributed by atoms with Crippen molar-refractivity contribution in [3.63, 3.8) is 0 Å². The largest absolute Gasteiger partial charge is 0.465 e. The second-order valence-corrected chi connectivity index (χ2v) is 4.40. The lowest BCUT2D eigenvalue weighted by atomic mass is 10.1. The quantitative estimate of drug-likeness (QED) is 0.848. The van der Waals surface area contributed by atoms with Crippen LogP contribution >= 0.6 is 0 Å². The van der Waals surface area contributed by atoms with Crippen LogP contribution in [0.1, 0.15) is 27.4 Å². The molecule has 108 valence electrons. The molecule has 1 amide bonds. The summed E-state index contributed by atoms with van der Waals surface area (Å²) in [4.78, 5) is 12.0. The molecule has 0 fully saturated rings. The van der Waals surface area contributed by atoms with Gasteiger partial charge in [-0.05, 0) is 37.3 Å². The summed E-state index contributed by atoms with van der Waals surface area (Å²) >= 11 is 0. The zero-order valence-corrected chi connectivity index (χ0v) is 11.6. The third kappa shape index (κ3) is 3.94. The summed E-state index contributed by atoms with van der Waals surface area (Å²) in [5.41, 5.74) is 5.77. The van der Waals surface area contributed by atoms with Crippen molar-refractivity contribution in [2.24, 2.45) is 5.73 Å². The lowest BCUT2D eigenvalue weighted by Gasteiger charge is -2.05. The molecule has 2 aromatic rings. The first-order valence-corrected chi connectivity index (χ1v) is 6.42. The summed E-state index contributed by atoms with van der Waals surface area (Å²) < 4.78 is 19.0. The van der Waals surface area contributed by atoms with Gasteiger partial charge in [-0.3, -0.25) is 4.79 Å². The van der Waals surface area contributed by atoms with E-state index in [2.05, 4.69) is 17.2 Å². The Balaban J connectivity index is 2.10. The Morgan fingerprint density at radius 1 is 1.38 bits per heavy atom. The highest BCUT2D eigenvalue weighted by Gasteiger charge is 2.12. The maximum absolute atomic E-state index is 13.7. The second-order valence-electron chi connectivity index (χ2n) is 4.40. The summed E-state index contributed by atoms with van der Waals surface area (Å²) in [6, 6.07) is 7.68. The van der Waals surface area contributed by atoms with Gasteiger partial charge in [-0.25, -0.2) is 4.39 Å². The molecule has 0 aliphatic carbocycles. The van der Waals surface area contributed by atoms with Crippen LogP contribution in [0.2, 0.25) is 0 Å². The van der Waals surface area contributed by atoms with Crippen LogP contribution in [0.15, 0.2) is 34.7 Å². The molecule has 1 aromatic heterocycles. The van der Waals surface area contributed by atoms with E-state index in [0.717, 1.165) is 5.76 Å². The average Bonchev–Trinajstić information content (AvgIpc) is 2.89. The van der Waals surface area contributed by atoms with Gasteiger partial charge >= 0.3 is 0 Å². The highest BCUT2D eigenvalue weighted by atomic mass is 19.1. The Hall–Kier alpha value is -2.58. The molecule has 0 bridgehead atoms. The number of rotatable bonds is 3. The van der Waals surface area contributed by atoms with E-state index in [-0.39, 0.29) is 18.7 Å². The molecule has 3 N–H and O–H groups in total. The fraction of sp³-hybridized carbons (Fsp3) is 0.188. The molecule has 0 aliphatic rings. The van der Waals surface area contributed by atoms with Crippen molar-refractivity contribution >= 4 is 5.91 Å². The van der Waals surface area contributed by atoms with Crippen LogP contribution in [-0.4, -0.2) is 12.5 Å².